The first kappa shape index (κ1) is 16.1. The Bertz CT molecular complexity index is 545. The Morgan fingerprint density at radius 2 is 1.95 bits per heavy atom. The number of sulfonamides is 1. The van der Waals surface area contributed by atoms with Gasteiger partial charge in [0.05, 0.1) is 5.60 Å². The van der Waals surface area contributed by atoms with E-state index in [0.29, 0.717) is 24.2 Å². The van der Waals surface area contributed by atoms with Crippen LogP contribution < -0.4 is 4.72 Å². The molecule has 108 valence electrons. The summed E-state index contributed by atoms with van der Waals surface area (Å²) >= 11 is 0.682. The van der Waals surface area contributed by atoms with E-state index < -0.39 is 21.6 Å². The third-order valence-corrected chi connectivity index (χ3v) is 5.93. The van der Waals surface area contributed by atoms with E-state index in [0.717, 1.165) is 0 Å². The number of carboxylic acids is 1. The van der Waals surface area contributed by atoms with Gasteiger partial charge in [-0.3, -0.25) is 0 Å². The summed E-state index contributed by atoms with van der Waals surface area (Å²) in [5, 5.41) is 18.8. The van der Waals surface area contributed by atoms with Crippen LogP contribution in [0, 0.1) is 0 Å². The molecule has 0 atom stereocenters. The molecule has 19 heavy (non-hydrogen) atoms. The molecule has 0 aliphatic carbocycles. The van der Waals surface area contributed by atoms with Gasteiger partial charge in [0.15, 0.2) is 0 Å². The number of rotatable bonds is 7. The van der Waals surface area contributed by atoms with Crippen LogP contribution in [0.4, 0.5) is 0 Å². The third kappa shape index (κ3) is 4.00. The van der Waals surface area contributed by atoms with Crippen LogP contribution in [0.2, 0.25) is 0 Å². The van der Waals surface area contributed by atoms with Crippen molar-refractivity contribution >= 4 is 27.3 Å². The van der Waals surface area contributed by atoms with Crippen molar-refractivity contribution in [1.82, 2.24) is 4.72 Å². The molecule has 1 aromatic heterocycles. The predicted molar refractivity (Wildman–Crippen MR) is 72.0 cm³/mol. The fourth-order valence-electron chi connectivity index (χ4n) is 1.38. The van der Waals surface area contributed by atoms with Crippen molar-refractivity contribution in [1.29, 1.82) is 0 Å². The smallest absolute Gasteiger partial charge is 0.345 e. The zero-order valence-corrected chi connectivity index (χ0v) is 12.3. The molecular weight excluding hydrogens is 290 g/mol. The lowest BCUT2D eigenvalue weighted by Gasteiger charge is -2.25. The highest BCUT2D eigenvalue weighted by molar-refractivity contribution is 7.91. The van der Waals surface area contributed by atoms with E-state index >= 15 is 0 Å². The Morgan fingerprint density at radius 1 is 1.37 bits per heavy atom. The zero-order valence-electron chi connectivity index (χ0n) is 10.7. The van der Waals surface area contributed by atoms with Crippen molar-refractivity contribution in [3.8, 4) is 0 Å². The third-order valence-electron chi connectivity index (χ3n) is 2.96. The van der Waals surface area contributed by atoms with Gasteiger partial charge in [0.2, 0.25) is 10.0 Å². The van der Waals surface area contributed by atoms with Crippen molar-refractivity contribution < 1.29 is 23.4 Å². The van der Waals surface area contributed by atoms with E-state index in [1.165, 1.54) is 12.1 Å². The highest BCUT2D eigenvalue weighted by Gasteiger charge is 2.26. The average Bonchev–Trinajstić information content (AvgIpc) is 2.86. The molecular formula is C11H17NO5S2. The maximum absolute atomic E-state index is 11.9. The number of aliphatic hydroxyl groups is 1. The minimum Gasteiger partial charge on any atom is -0.477 e. The molecule has 0 aromatic carbocycles. The first-order valence-corrected chi connectivity index (χ1v) is 8.09. The summed E-state index contributed by atoms with van der Waals surface area (Å²) in [6.07, 6.45) is 0.855. The lowest BCUT2D eigenvalue weighted by molar-refractivity contribution is 0.0377. The van der Waals surface area contributed by atoms with Crippen LogP contribution in [0.3, 0.4) is 0 Å². The van der Waals surface area contributed by atoms with E-state index in [1.54, 1.807) is 13.8 Å². The van der Waals surface area contributed by atoms with Crippen molar-refractivity contribution in [2.75, 3.05) is 6.54 Å². The second-order valence-electron chi connectivity index (χ2n) is 4.18. The number of hydrogen-bond donors (Lipinski definition) is 3. The molecule has 1 rings (SSSR count). The normalized spacial score (nSPS) is 12.6. The second-order valence-corrected chi connectivity index (χ2v) is 7.26. The van der Waals surface area contributed by atoms with Crippen molar-refractivity contribution in [3.63, 3.8) is 0 Å². The minimum atomic E-state index is -3.78. The summed E-state index contributed by atoms with van der Waals surface area (Å²) in [4.78, 5) is 10.7. The topological polar surface area (TPSA) is 104 Å². The molecule has 0 saturated carbocycles. The Hall–Kier alpha value is -0.960. The van der Waals surface area contributed by atoms with Crippen molar-refractivity contribution in [3.05, 3.63) is 17.0 Å². The van der Waals surface area contributed by atoms with Gasteiger partial charge in [-0.05, 0) is 25.0 Å². The van der Waals surface area contributed by atoms with Crippen molar-refractivity contribution in [2.24, 2.45) is 0 Å². The van der Waals surface area contributed by atoms with Gasteiger partial charge in [-0.1, -0.05) is 13.8 Å². The predicted octanol–water partition coefficient (Wildman–Crippen LogP) is 1.28. The molecule has 0 fully saturated rings. The van der Waals surface area contributed by atoms with Crippen LogP contribution in [-0.4, -0.2) is 36.7 Å². The molecule has 0 aliphatic heterocycles. The van der Waals surface area contributed by atoms with E-state index in [-0.39, 0.29) is 15.6 Å². The summed E-state index contributed by atoms with van der Waals surface area (Å²) in [7, 11) is -3.78. The van der Waals surface area contributed by atoms with Crippen LogP contribution in [0.1, 0.15) is 36.4 Å². The molecule has 0 amide bonds. The van der Waals surface area contributed by atoms with E-state index in [1.807, 2.05) is 0 Å². The van der Waals surface area contributed by atoms with Gasteiger partial charge in [-0.15, -0.1) is 11.3 Å². The lowest BCUT2D eigenvalue weighted by atomic mass is 9.98. The van der Waals surface area contributed by atoms with Crippen LogP contribution in [0.25, 0.3) is 0 Å². The highest BCUT2D eigenvalue weighted by atomic mass is 32.2. The number of nitrogens with one attached hydrogen (secondary N) is 1. The van der Waals surface area contributed by atoms with E-state index in [2.05, 4.69) is 4.72 Å². The van der Waals surface area contributed by atoms with Crippen LogP contribution in [0.5, 0.6) is 0 Å². The molecule has 0 radical (unpaired) electrons. The summed E-state index contributed by atoms with van der Waals surface area (Å²) < 4.78 is 26.1. The molecule has 0 aliphatic rings. The quantitative estimate of drug-likeness (QED) is 0.704. The Morgan fingerprint density at radius 3 is 2.37 bits per heavy atom. The Kier molecular flexibility index (Phi) is 5.08. The van der Waals surface area contributed by atoms with Gasteiger partial charge < -0.3 is 10.2 Å². The van der Waals surface area contributed by atoms with E-state index in [9.17, 15) is 18.3 Å². The molecule has 0 saturated heterocycles. The maximum atomic E-state index is 11.9. The monoisotopic (exact) mass is 307 g/mol. The number of carboxylic acid groups (broad SMARTS) is 1. The molecule has 3 N–H and O–H groups in total. The SMILES string of the molecule is CCC(O)(CC)CNS(=O)(=O)c1ccc(C(=O)O)s1. The minimum absolute atomic E-state index is 0.0402. The second kappa shape index (κ2) is 6.00. The van der Waals surface area contributed by atoms with Gasteiger partial charge in [-0.25, -0.2) is 17.9 Å². The van der Waals surface area contributed by atoms with Crippen LogP contribution in [-0.2, 0) is 10.0 Å². The summed E-state index contributed by atoms with van der Waals surface area (Å²) in [5.41, 5.74) is -1.08. The highest BCUT2D eigenvalue weighted by Crippen LogP contribution is 2.22. The van der Waals surface area contributed by atoms with Crippen LogP contribution in [0.15, 0.2) is 16.3 Å². The van der Waals surface area contributed by atoms with Gasteiger partial charge >= 0.3 is 5.97 Å². The molecule has 0 spiro atoms. The van der Waals surface area contributed by atoms with Crippen molar-refractivity contribution in [2.45, 2.75) is 36.5 Å². The number of carbonyl (C=O) groups is 1. The first-order valence-electron chi connectivity index (χ1n) is 5.79. The molecule has 0 unspecified atom stereocenters. The molecule has 0 bridgehead atoms. The lowest BCUT2D eigenvalue weighted by Crippen LogP contribution is -2.41. The number of hydrogen-bond acceptors (Lipinski definition) is 5. The molecule has 1 aromatic rings. The van der Waals surface area contributed by atoms with E-state index in [4.69, 9.17) is 5.11 Å². The molecule has 1 heterocycles. The number of thiophene rings is 1. The standard InChI is InChI=1S/C11H17NO5S2/c1-3-11(15,4-2)7-12-19(16,17)9-6-5-8(18-9)10(13)14/h5-6,12,15H,3-4,7H2,1-2H3,(H,13,14). The zero-order chi connectivity index (χ0) is 14.7. The summed E-state index contributed by atoms with van der Waals surface area (Å²) in [5.74, 6) is -1.16. The average molecular weight is 307 g/mol. The van der Waals surface area contributed by atoms with Gasteiger partial charge in [0.1, 0.15) is 9.09 Å². The largest absolute Gasteiger partial charge is 0.477 e. The molecule has 6 nitrogen and oxygen atoms in total. The summed E-state index contributed by atoms with van der Waals surface area (Å²) in [6.45, 7) is 3.44. The fourth-order valence-corrected chi connectivity index (χ4v) is 3.69. The summed E-state index contributed by atoms with van der Waals surface area (Å²) in [6, 6.07) is 2.49. The van der Waals surface area contributed by atoms with Gasteiger partial charge in [-0.2, -0.15) is 0 Å². The van der Waals surface area contributed by atoms with Gasteiger partial charge in [0.25, 0.3) is 0 Å². The van der Waals surface area contributed by atoms with Crippen LogP contribution >= 0.6 is 11.3 Å². The Labute approximate surface area is 116 Å². The van der Waals surface area contributed by atoms with Gasteiger partial charge in [0, 0.05) is 6.54 Å². The number of aromatic carboxylic acids is 1. The maximum Gasteiger partial charge on any atom is 0.345 e. The first-order chi connectivity index (χ1) is 8.74. The fraction of sp³-hybridized carbons (Fsp3) is 0.545. The molecule has 8 heteroatoms. The Balaban J connectivity index is 2.84.